The van der Waals surface area contributed by atoms with E-state index < -0.39 is 26.5 Å². The minimum absolute atomic E-state index is 0.0310. The summed E-state index contributed by atoms with van der Waals surface area (Å²) in [6, 6.07) is 0. The van der Waals surface area contributed by atoms with Crippen LogP contribution in [0, 0.1) is 0 Å². The Bertz CT molecular complexity index is 1390. The predicted molar refractivity (Wildman–Crippen MR) is 314 cm³/mol. The minimum Gasteiger partial charge on any atom is -0.756 e. The number of esters is 2. The van der Waals surface area contributed by atoms with Crippen LogP contribution in [0.15, 0.2) is 48.6 Å². The Labute approximate surface area is 458 Å². The van der Waals surface area contributed by atoms with Crippen molar-refractivity contribution in [2.24, 2.45) is 0 Å². The van der Waals surface area contributed by atoms with Gasteiger partial charge in [0.15, 0.2) is 6.10 Å². The van der Waals surface area contributed by atoms with Gasteiger partial charge in [0.2, 0.25) is 0 Å². The first-order chi connectivity index (χ1) is 36.0. The van der Waals surface area contributed by atoms with Crippen molar-refractivity contribution in [1.82, 2.24) is 0 Å². The summed E-state index contributed by atoms with van der Waals surface area (Å²) >= 11 is 0. The molecule has 0 heterocycles. The number of phosphoric acid groups is 1. The van der Waals surface area contributed by atoms with Crippen molar-refractivity contribution < 1.29 is 42.1 Å². The summed E-state index contributed by atoms with van der Waals surface area (Å²) in [5, 5.41) is 0. The van der Waals surface area contributed by atoms with Crippen molar-refractivity contribution in [2.75, 3.05) is 47.5 Å². The van der Waals surface area contributed by atoms with Crippen molar-refractivity contribution >= 4 is 19.8 Å². The molecule has 0 aliphatic rings. The van der Waals surface area contributed by atoms with Crippen LogP contribution in [-0.4, -0.2) is 70.0 Å². The van der Waals surface area contributed by atoms with Crippen molar-refractivity contribution in [3.8, 4) is 0 Å². The maximum absolute atomic E-state index is 12.8. The van der Waals surface area contributed by atoms with E-state index >= 15 is 0 Å². The molecule has 434 valence electrons. The molecule has 0 saturated heterocycles. The number of carbonyl (C=O) groups excluding carboxylic acids is 2. The lowest BCUT2D eigenvalue weighted by Gasteiger charge is -2.28. The number of carbonyl (C=O) groups is 2. The topological polar surface area (TPSA) is 111 Å². The normalized spacial score (nSPS) is 13.5. The van der Waals surface area contributed by atoms with Gasteiger partial charge in [-0.05, 0) is 77.0 Å². The van der Waals surface area contributed by atoms with E-state index in [9.17, 15) is 19.0 Å². The van der Waals surface area contributed by atoms with Crippen LogP contribution < -0.4 is 4.89 Å². The molecule has 10 heteroatoms. The van der Waals surface area contributed by atoms with E-state index in [-0.39, 0.29) is 32.0 Å². The molecule has 0 aromatic rings. The molecule has 74 heavy (non-hydrogen) atoms. The number of likely N-dealkylation sites (N-methyl/N-ethyl adjacent to an activating group) is 1. The van der Waals surface area contributed by atoms with Crippen molar-refractivity contribution in [3.63, 3.8) is 0 Å². The van der Waals surface area contributed by atoms with Crippen molar-refractivity contribution in [2.45, 2.75) is 302 Å². The molecule has 2 atom stereocenters. The van der Waals surface area contributed by atoms with E-state index in [2.05, 4.69) is 62.5 Å². The third-order valence-electron chi connectivity index (χ3n) is 13.8. The van der Waals surface area contributed by atoms with Crippen LogP contribution in [0.4, 0.5) is 0 Å². The third-order valence-corrected chi connectivity index (χ3v) is 14.8. The standard InChI is InChI=1S/C64H120NO8P/c1-6-8-10-12-14-16-18-20-22-24-26-28-29-30-31-32-33-34-35-37-39-41-43-45-47-49-51-53-55-57-64(67)73-62(61-72-74(68,69)71-59-58-65(3,4)5)60-70-63(66)56-54-52-50-48-46-44-42-40-38-36-27-25-23-21-19-17-15-13-11-9-7-2/h18-21,24-27,62H,6-17,22-23,28-61H2,1-5H3/b20-18-,21-19-,26-24-,27-25-. The van der Waals surface area contributed by atoms with Gasteiger partial charge in [-0.15, -0.1) is 0 Å². The predicted octanol–water partition coefficient (Wildman–Crippen LogP) is 19.1. The minimum atomic E-state index is -4.64. The molecular weight excluding hydrogens is 942 g/mol. The van der Waals surface area contributed by atoms with E-state index in [1.165, 1.54) is 212 Å². The third kappa shape index (κ3) is 59.2. The number of phosphoric ester groups is 1. The Morgan fingerprint density at radius 2 is 0.730 bits per heavy atom. The summed E-state index contributed by atoms with van der Waals surface area (Å²) in [7, 11) is 1.17. The molecule has 0 saturated carbocycles. The summed E-state index contributed by atoms with van der Waals surface area (Å²) in [6.45, 7) is 4.25. The number of hydrogen-bond acceptors (Lipinski definition) is 8. The van der Waals surface area contributed by atoms with Gasteiger partial charge in [0, 0.05) is 12.8 Å². The Kier molecular flexibility index (Phi) is 54.2. The molecule has 0 aliphatic heterocycles. The molecule has 2 unspecified atom stereocenters. The maximum Gasteiger partial charge on any atom is 0.306 e. The van der Waals surface area contributed by atoms with Gasteiger partial charge in [0.05, 0.1) is 27.7 Å². The van der Waals surface area contributed by atoms with Gasteiger partial charge in [0.25, 0.3) is 7.82 Å². The molecule has 0 aliphatic carbocycles. The van der Waals surface area contributed by atoms with Crippen molar-refractivity contribution in [1.29, 1.82) is 0 Å². The van der Waals surface area contributed by atoms with Gasteiger partial charge in [-0.3, -0.25) is 14.2 Å². The largest absolute Gasteiger partial charge is 0.756 e. The zero-order chi connectivity index (χ0) is 54.2. The lowest BCUT2D eigenvalue weighted by atomic mass is 10.0. The van der Waals surface area contributed by atoms with Gasteiger partial charge >= 0.3 is 11.9 Å². The second-order valence-electron chi connectivity index (χ2n) is 22.4. The van der Waals surface area contributed by atoms with Crippen LogP contribution in [0.25, 0.3) is 0 Å². The van der Waals surface area contributed by atoms with Crippen LogP contribution >= 0.6 is 7.82 Å². The average molecular weight is 1060 g/mol. The second kappa shape index (κ2) is 55.7. The fraction of sp³-hybridized carbons (Fsp3) is 0.844. The number of ether oxygens (including phenoxy) is 2. The van der Waals surface area contributed by atoms with Gasteiger partial charge < -0.3 is 27.9 Å². The molecule has 0 aromatic heterocycles. The summed E-state index contributed by atoms with van der Waals surface area (Å²) in [5.41, 5.74) is 0. The monoisotopic (exact) mass is 1060 g/mol. The van der Waals surface area contributed by atoms with E-state index in [1.807, 2.05) is 21.1 Å². The van der Waals surface area contributed by atoms with Gasteiger partial charge in [-0.2, -0.15) is 0 Å². The molecule has 0 rings (SSSR count). The molecular formula is C64H120NO8P. The molecule has 0 aromatic carbocycles. The zero-order valence-electron chi connectivity index (χ0n) is 49.3. The van der Waals surface area contributed by atoms with E-state index in [0.29, 0.717) is 17.4 Å². The number of allylic oxidation sites excluding steroid dienone is 8. The number of nitrogens with zero attached hydrogens (tertiary/aromatic N) is 1. The smallest absolute Gasteiger partial charge is 0.306 e. The summed E-state index contributed by atoms with van der Waals surface area (Å²) in [6.07, 6.45) is 70.2. The molecule has 0 spiro atoms. The van der Waals surface area contributed by atoms with E-state index in [1.54, 1.807) is 0 Å². The van der Waals surface area contributed by atoms with Crippen LogP contribution in [0.3, 0.4) is 0 Å². The number of rotatable bonds is 58. The Hall–Kier alpha value is -2.03. The highest BCUT2D eigenvalue weighted by Crippen LogP contribution is 2.38. The Morgan fingerprint density at radius 1 is 0.419 bits per heavy atom. The molecule has 0 bridgehead atoms. The lowest BCUT2D eigenvalue weighted by molar-refractivity contribution is -0.870. The molecule has 0 fully saturated rings. The summed E-state index contributed by atoms with van der Waals surface area (Å²) < 4.78 is 34.2. The highest BCUT2D eigenvalue weighted by Gasteiger charge is 2.22. The van der Waals surface area contributed by atoms with Crippen LogP contribution in [0.5, 0.6) is 0 Å². The Balaban J connectivity index is 4.09. The van der Waals surface area contributed by atoms with Crippen molar-refractivity contribution in [3.05, 3.63) is 48.6 Å². The van der Waals surface area contributed by atoms with Gasteiger partial charge in [-0.25, -0.2) is 0 Å². The fourth-order valence-corrected chi connectivity index (χ4v) is 9.68. The fourth-order valence-electron chi connectivity index (χ4n) is 8.95. The highest BCUT2D eigenvalue weighted by molar-refractivity contribution is 7.45. The summed E-state index contributed by atoms with van der Waals surface area (Å²) in [5.74, 6) is -0.826. The molecule has 0 amide bonds. The van der Waals surface area contributed by atoms with Crippen LogP contribution in [-0.2, 0) is 32.7 Å². The Morgan fingerprint density at radius 3 is 1.07 bits per heavy atom. The summed E-state index contributed by atoms with van der Waals surface area (Å²) in [4.78, 5) is 37.9. The quantitative estimate of drug-likeness (QED) is 0.0195. The first-order valence-corrected chi connectivity index (χ1v) is 32.8. The molecule has 0 N–H and O–H groups in total. The average Bonchev–Trinajstić information content (AvgIpc) is 3.36. The first kappa shape index (κ1) is 72.0. The molecule has 9 nitrogen and oxygen atoms in total. The number of unbranched alkanes of at least 4 members (excludes halogenated alkanes) is 36. The SMILES string of the molecule is CCCCCCC/C=C\C/C=C\CCCCCCCCCCCCCCCCCCCC(=O)OC(COC(=O)CCCCCCCCCCC/C=C\C/C=C\CCCCCCC)COP(=O)([O-])OCC[N+](C)(C)C. The first-order valence-electron chi connectivity index (χ1n) is 31.3. The molecule has 0 radical (unpaired) electrons. The number of quaternary nitrogens is 1. The van der Waals surface area contributed by atoms with Crippen LogP contribution in [0.1, 0.15) is 296 Å². The highest BCUT2D eigenvalue weighted by atomic mass is 31.2. The number of hydrogen-bond donors (Lipinski definition) is 0. The van der Waals surface area contributed by atoms with E-state index in [0.717, 1.165) is 51.4 Å². The lowest BCUT2D eigenvalue weighted by Crippen LogP contribution is -2.37. The van der Waals surface area contributed by atoms with E-state index in [4.69, 9.17) is 18.5 Å². The van der Waals surface area contributed by atoms with Gasteiger partial charge in [-0.1, -0.05) is 255 Å². The second-order valence-corrected chi connectivity index (χ2v) is 23.8. The maximum atomic E-state index is 12.8. The van der Waals surface area contributed by atoms with Gasteiger partial charge in [0.1, 0.15) is 19.8 Å². The van der Waals surface area contributed by atoms with Crippen LogP contribution in [0.2, 0.25) is 0 Å². The zero-order valence-corrected chi connectivity index (χ0v) is 50.2.